The lowest BCUT2D eigenvalue weighted by Crippen LogP contribution is -2.45. The summed E-state index contributed by atoms with van der Waals surface area (Å²) in [6.07, 6.45) is 7.54. The van der Waals surface area contributed by atoms with Gasteiger partial charge in [0.15, 0.2) is 0 Å². The molecule has 22 heavy (non-hydrogen) atoms. The summed E-state index contributed by atoms with van der Waals surface area (Å²) in [6.45, 7) is 5.56. The molecule has 0 radical (unpaired) electrons. The van der Waals surface area contributed by atoms with Gasteiger partial charge >= 0.3 is 0 Å². The van der Waals surface area contributed by atoms with Gasteiger partial charge in [0.05, 0.1) is 12.1 Å². The van der Waals surface area contributed by atoms with Gasteiger partial charge in [0.25, 0.3) is 0 Å². The molecular weight excluding hydrogens is 276 g/mol. The highest BCUT2D eigenvalue weighted by Gasteiger charge is 2.20. The third-order valence-corrected chi connectivity index (χ3v) is 4.25. The zero-order chi connectivity index (χ0) is 15.4. The van der Waals surface area contributed by atoms with Crippen LogP contribution in [0.4, 0.5) is 0 Å². The molecule has 118 valence electrons. The van der Waals surface area contributed by atoms with E-state index < -0.39 is 0 Å². The van der Waals surface area contributed by atoms with Crippen molar-refractivity contribution in [3.05, 3.63) is 36.3 Å². The molecule has 3 rings (SSSR count). The number of aromatic nitrogens is 2. The minimum Gasteiger partial charge on any atom is -0.353 e. The van der Waals surface area contributed by atoms with E-state index in [0.717, 1.165) is 37.3 Å². The van der Waals surface area contributed by atoms with Crippen LogP contribution in [0, 0.1) is 0 Å². The first-order valence-corrected chi connectivity index (χ1v) is 8.19. The Labute approximate surface area is 131 Å². The van der Waals surface area contributed by atoms with Crippen molar-refractivity contribution in [2.75, 3.05) is 19.6 Å². The molecule has 1 saturated heterocycles. The van der Waals surface area contributed by atoms with Crippen molar-refractivity contribution < 1.29 is 4.79 Å². The number of amides is 1. The van der Waals surface area contributed by atoms with Gasteiger partial charge < -0.3 is 14.6 Å². The molecule has 1 aliphatic rings. The number of likely N-dealkylation sites (tertiary alicyclic amines) is 1. The molecule has 0 saturated carbocycles. The number of carbonyl (C=O) groups excluding carboxylic acids is 1. The number of fused-ring (bicyclic) bond motifs is 1. The van der Waals surface area contributed by atoms with Gasteiger partial charge in [0.1, 0.15) is 5.65 Å². The molecule has 0 aliphatic carbocycles. The summed E-state index contributed by atoms with van der Waals surface area (Å²) in [6, 6.07) is 6.18. The smallest absolute Gasteiger partial charge is 0.226 e. The Morgan fingerprint density at radius 3 is 2.91 bits per heavy atom. The molecule has 0 bridgehead atoms. The van der Waals surface area contributed by atoms with Crippen molar-refractivity contribution in [1.82, 2.24) is 19.6 Å². The monoisotopic (exact) mass is 300 g/mol. The second-order valence-electron chi connectivity index (χ2n) is 6.06. The molecule has 0 spiro atoms. The number of hydrogen-bond donors (Lipinski definition) is 1. The van der Waals surface area contributed by atoms with E-state index in [4.69, 9.17) is 0 Å². The van der Waals surface area contributed by atoms with Gasteiger partial charge in [-0.3, -0.25) is 4.79 Å². The number of pyridine rings is 1. The Kier molecular flexibility index (Phi) is 4.73. The van der Waals surface area contributed by atoms with Crippen LogP contribution in [0.2, 0.25) is 0 Å². The van der Waals surface area contributed by atoms with E-state index in [1.807, 2.05) is 35.0 Å². The highest BCUT2D eigenvalue weighted by Crippen LogP contribution is 2.11. The zero-order valence-corrected chi connectivity index (χ0v) is 13.2. The Morgan fingerprint density at radius 1 is 1.36 bits per heavy atom. The Hall–Kier alpha value is -1.88. The van der Waals surface area contributed by atoms with Gasteiger partial charge in [0, 0.05) is 31.5 Å². The number of rotatable bonds is 5. The molecule has 2 aromatic heterocycles. The van der Waals surface area contributed by atoms with Gasteiger partial charge in [-0.2, -0.15) is 0 Å². The number of nitrogens with zero attached hydrogens (tertiary/aromatic N) is 3. The number of piperidine rings is 1. The molecule has 5 nitrogen and oxygen atoms in total. The fourth-order valence-corrected chi connectivity index (χ4v) is 3.13. The zero-order valence-electron chi connectivity index (χ0n) is 13.2. The van der Waals surface area contributed by atoms with Crippen LogP contribution in [0.25, 0.3) is 5.65 Å². The Balaban J connectivity index is 1.50. The molecule has 0 atom stereocenters. The number of carbonyl (C=O) groups is 1. The Morgan fingerprint density at radius 2 is 2.18 bits per heavy atom. The van der Waals surface area contributed by atoms with E-state index in [1.165, 1.54) is 13.0 Å². The molecule has 5 heteroatoms. The highest BCUT2D eigenvalue weighted by atomic mass is 16.1. The van der Waals surface area contributed by atoms with E-state index in [9.17, 15) is 4.79 Å². The normalized spacial score (nSPS) is 17.0. The van der Waals surface area contributed by atoms with Gasteiger partial charge in [-0.1, -0.05) is 13.0 Å². The maximum absolute atomic E-state index is 12.2. The Bertz CT molecular complexity index is 595. The maximum atomic E-state index is 12.2. The van der Waals surface area contributed by atoms with Gasteiger partial charge in [0.2, 0.25) is 5.91 Å². The maximum Gasteiger partial charge on any atom is 0.226 e. The van der Waals surface area contributed by atoms with E-state index in [0.29, 0.717) is 12.5 Å². The quantitative estimate of drug-likeness (QED) is 0.917. The lowest BCUT2D eigenvalue weighted by atomic mass is 10.0. The summed E-state index contributed by atoms with van der Waals surface area (Å²) in [5, 5.41) is 3.16. The molecule has 0 aromatic carbocycles. The van der Waals surface area contributed by atoms with Crippen LogP contribution in [0.5, 0.6) is 0 Å². The van der Waals surface area contributed by atoms with Crippen molar-refractivity contribution in [3.63, 3.8) is 0 Å². The molecule has 1 N–H and O–H groups in total. The van der Waals surface area contributed by atoms with Crippen LogP contribution in [0.1, 0.15) is 31.9 Å². The predicted molar refractivity (Wildman–Crippen MR) is 86.8 cm³/mol. The average molecular weight is 300 g/mol. The summed E-state index contributed by atoms with van der Waals surface area (Å²) in [7, 11) is 0. The topological polar surface area (TPSA) is 49.6 Å². The van der Waals surface area contributed by atoms with Crippen molar-refractivity contribution in [3.8, 4) is 0 Å². The summed E-state index contributed by atoms with van der Waals surface area (Å²) >= 11 is 0. The highest BCUT2D eigenvalue weighted by molar-refractivity contribution is 5.78. The number of nitrogens with one attached hydrogen (secondary N) is 1. The largest absolute Gasteiger partial charge is 0.353 e. The van der Waals surface area contributed by atoms with Crippen molar-refractivity contribution >= 4 is 11.6 Å². The second-order valence-corrected chi connectivity index (χ2v) is 6.06. The van der Waals surface area contributed by atoms with Crippen LogP contribution in [0.3, 0.4) is 0 Å². The molecule has 0 unspecified atom stereocenters. The number of hydrogen-bond acceptors (Lipinski definition) is 3. The standard InChI is InChI=1S/C17H24N4O/c1-2-8-20-10-6-14(7-11-20)19-17(22)12-15-13-21-9-4-3-5-16(21)18-15/h3-5,9,13-14H,2,6-8,10-12H2,1H3,(H,19,22). The summed E-state index contributed by atoms with van der Waals surface area (Å²) in [5.74, 6) is 0.0809. The molecule has 3 heterocycles. The minimum absolute atomic E-state index is 0.0809. The summed E-state index contributed by atoms with van der Waals surface area (Å²) in [4.78, 5) is 19.1. The lowest BCUT2D eigenvalue weighted by Gasteiger charge is -2.32. The van der Waals surface area contributed by atoms with Gasteiger partial charge in [-0.15, -0.1) is 0 Å². The number of imidazole rings is 1. The predicted octanol–water partition coefficient (Wildman–Crippen LogP) is 1.87. The second kappa shape index (κ2) is 6.92. The van der Waals surface area contributed by atoms with E-state index >= 15 is 0 Å². The van der Waals surface area contributed by atoms with E-state index in [2.05, 4.69) is 22.1 Å². The first kappa shape index (κ1) is 15.0. The van der Waals surface area contributed by atoms with E-state index in [1.54, 1.807) is 0 Å². The molecule has 1 amide bonds. The SMILES string of the molecule is CCCN1CCC(NC(=O)Cc2cn3ccccc3n2)CC1. The third kappa shape index (κ3) is 3.65. The van der Waals surface area contributed by atoms with Crippen molar-refractivity contribution in [2.24, 2.45) is 0 Å². The van der Waals surface area contributed by atoms with Crippen LogP contribution in [0.15, 0.2) is 30.6 Å². The molecule has 1 aliphatic heterocycles. The van der Waals surface area contributed by atoms with Crippen LogP contribution in [-0.2, 0) is 11.2 Å². The fraction of sp³-hybridized carbons (Fsp3) is 0.529. The van der Waals surface area contributed by atoms with Gasteiger partial charge in [-0.05, 0) is 37.9 Å². The lowest BCUT2D eigenvalue weighted by molar-refractivity contribution is -0.121. The fourth-order valence-electron chi connectivity index (χ4n) is 3.13. The van der Waals surface area contributed by atoms with Crippen LogP contribution >= 0.6 is 0 Å². The van der Waals surface area contributed by atoms with Crippen LogP contribution in [-0.4, -0.2) is 45.9 Å². The van der Waals surface area contributed by atoms with E-state index in [-0.39, 0.29) is 5.91 Å². The summed E-state index contributed by atoms with van der Waals surface area (Å²) in [5.41, 5.74) is 1.71. The van der Waals surface area contributed by atoms with Crippen molar-refractivity contribution in [1.29, 1.82) is 0 Å². The van der Waals surface area contributed by atoms with Gasteiger partial charge in [-0.25, -0.2) is 4.98 Å². The minimum atomic E-state index is 0.0809. The molecule has 1 fully saturated rings. The summed E-state index contributed by atoms with van der Waals surface area (Å²) < 4.78 is 1.95. The average Bonchev–Trinajstić information content (AvgIpc) is 2.91. The first-order valence-electron chi connectivity index (χ1n) is 8.19. The first-order chi connectivity index (χ1) is 10.7. The van der Waals surface area contributed by atoms with Crippen LogP contribution < -0.4 is 5.32 Å². The third-order valence-electron chi connectivity index (χ3n) is 4.25. The van der Waals surface area contributed by atoms with Crippen molar-refractivity contribution in [2.45, 2.75) is 38.6 Å². The molecular formula is C17H24N4O. The molecule has 2 aromatic rings.